The first-order chi connectivity index (χ1) is 16.1. The third-order valence-electron chi connectivity index (χ3n) is 5.48. The summed E-state index contributed by atoms with van der Waals surface area (Å²) in [6, 6.07) is 18.9. The maximum Gasteiger partial charge on any atom is 0.321 e. The molecule has 3 aromatic rings. The van der Waals surface area contributed by atoms with Crippen molar-refractivity contribution in [3.8, 4) is 0 Å². The van der Waals surface area contributed by atoms with E-state index in [1.807, 2.05) is 53.4 Å². The molecule has 0 radical (unpaired) electrons. The SMILES string of the molecule is O=C(Nc1n[nH]c(=S)s1)N[C@@H](Cc1ccccc1)C(=O)N1CCN(Cc2ccccc2)CC1. The number of benzene rings is 2. The average Bonchev–Trinajstić information content (AvgIpc) is 3.24. The number of carbonyl (C=O) groups excluding carboxylic acids is 2. The number of rotatable bonds is 7. The van der Waals surface area contributed by atoms with Gasteiger partial charge in [-0.2, -0.15) is 0 Å². The molecule has 0 spiro atoms. The molecule has 1 saturated heterocycles. The number of aromatic amines is 1. The number of amides is 3. The first-order valence-corrected chi connectivity index (χ1v) is 12.0. The number of hydrogen-bond acceptors (Lipinski definition) is 6. The summed E-state index contributed by atoms with van der Waals surface area (Å²) < 4.78 is 0.468. The smallest absolute Gasteiger partial charge is 0.321 e. The van der Waals surface area contributed by atoms with Crippen molar-refractivity contribution in [2.24, 2.45) is 0 Å². The highest BCUT2D eigenvalue weighted by Crippen LogP contribution is 2.13. The molecule has 10 heteroatoms. The number of aromatic nitrogens is 2. The van der Waals surface area contributed by atoms with E-state index in [0.29, 0.717) is 28.6 Å². The Hall–Kier alpha value is -3.08. The van der Waals surface area contributed by atoms with Crippen molar-refractivity contribution in [1.29, 1.82) is 0 Å². The van der Waals surface area contributed by atoms with Gasteiger partial charge in [-0.25, -0.2) is 4.79 Å². The third-order valence-corrected chi connectivity index (χ3v) is 6.48. The molecule has 4 rings (SSSR count). The Bertz CT molecular complexity index is 1110. The third kappa shape index (κ3) is 6.70. The van der Waals surface area contributed by atoms with Crippen LogP contribution < -0.4 is 10.6 Å². The zero-order valence-corrected chi connectivity index (χ0v) is 19.7. The lowest BCUT2D eigenvalue weighted by molar-refractivity contribution is -0.135. The summed E-state index contributed by atoms with van der Waals surface area (Å²) in [5.74, 6) is -0.0805. The van der Waals surface area contributed by atoms with Gasteiger partial charge in [-0.05, 0) is 23.3 Å². The van der Waals surface area contributed by atoms with Gasteiger partial charge in [-0.15, -0.1) is 5.10 Å². The van der Waals surface area contributed by atoms with Crippen molar-refractivity contribution >= 4 is 40.6 Å². The van der Waals surface area contributed by atoms with E-state index in [2.05, 4.69) is 37.9 Å². The molecule has 33 heavy (non-hydrogen) atoms. The molecular formula is C23H26N6O2S2. The second kappa shape index (κ2) is 11.2. The first kappa shape index (κ1) is 23.1. The Morgan fingerprint density at radius 1 is 1.00 bits per heavy atom. The van der Waals surface area contributed by atoms with E-state index in [9.17, 15) is 9.59 Å². The molecule has 3 N–H and O–H groups in total. The maximum absolute atomic E-state index is 13.4. The second-order valence-corrected chi connectivity index (χ2v) is 9.51. The van der Waals surface area contributed by atoms with Crippen molar-refractivity contribution in [3.05, 3.63) is 75.7 Å². The number of urea groups is 1. The Kier molecular flexibility index (Phi) is 7.82. The summed E-state index contributed by atoms with van der Waals surface area (Å²) in [5.41, 5.74) is 2.24. The van der Waals surface area contributed by atoms with Crippen molar-refractivity contribution in [2.75, 3.05) is 31.5 Å². The molecule has 8 nitrogen and oxygen atoms in total. The van der Waals surface area contributed by atoms with Crippen LogP contribution in [0, 0.1) is 3.95 Å². The largest absolute Gasteiger partial charge is 0.338 e. The van der Waals surface area contributed by atoms with Crippen molar-refractivity contribution in [1.82, 2.24) is 25.3 Å². The van der Waals surface area contributed by atoms with Gasteiger partial charge in [0.15, 0.2) is 3.95 Å². The van der Waals surface area contributed by atoms with Crippen LogP contribution in [0.15, 0.2) is 60.7 Å². The number of anilines is 1. The number of nitrogens with one attached hydrogen (secondary N) is 3. The predicted molar refractivity (Wildman–Crippen MR) is 132 cm³/mol. The van der Waals surface area contributed by atoms with Crippen LogP contribution in [0.25, 0.3) is 0 Å². The Balaban J connectivity index is 1.38. The van der Waals surface area contributed by atoms with Crippen molar-refractivity contribution in [2.45, 2.75) is 19.0 Å². The number of H-pyrrole nitrogens is 1. The molecule has 1 aliphatic heterocycles. The quantitative estimate of drug-likeness (QED) is 0.450. The highest BCUT2D eigenvalue weighted by Gasteiger charge is 2.29. The summed E-state index contributed by atoms with van der Waals surface area (Å²) in [6.07, 6.45) is 0.410. The van der Waals surface area contributed by atoms with Crippen LogP contribution in [0.1, 0.15) is 11.1 Å². The molecule has 0 unspecified atom stereocenters. The van der Waals surface area contributed by atoms with E-state index < -0.39 is 12.1 Å². The molecule has 1 aliphatic rings. The van der Waals surface area contributed by atoms with Gasteiger partial charge in [-0.1, -0.05) is 72.0 Å². The van der Waals surface area contributed by atoms with Gasteiger partial charge < -0.3 is 10.2 Å². The lowest BCUT2D eigenvalue weighted by atomic mass is 10.0. The minimum absolute atomic E-state index is 0.0805. The topological polar surface area (TPSA) is 93.4 Å². The predicted octanol–water partition coefficient (Wildman–Crippen LogP) is 3.28. The van der Waals surface area contributed by atoms with E-state index in [0.717, 1.165) is 36.5 Å². The molecule has 172 valence electrons. The van der Waals surface area contributed by atoms with Gasteiger partial charge in [0, 0.05) is 39.1 Å². The summed E-state index contributed by atoms with van der Waals surface area (Å²) in [4.78, 5) is 30.2. The van der Waals surface area contributed by atoms with Crippen molar-refractivity contribution < 1.29 is 9.59 Å². The van der Waals surface area contributed by atoms with Crippen molar-refractivity contribution in [3.63, 3.8) is 0 Å². The summed E-state index contributed by atoms with van der Waals surface area (Å²) >= 11 is 6.16. The number of carbonyl (C=O) groups is 2. The monoisotopic (exact) mass is 482 g/mol. The molecule has 1 fully saturated rings. The van der Waals surface area contributed by atoms with Gasteiger partial charge in [-0.3, -0.25) is 20.1 Å². The van der Waals surface area contributed by atoms with Crippen LogP contribution in [-0.2, 0) is 17.8 Å². The molecule has 2 heterocycles. The Labute approximate surface area is 201 Å². The van der Waals surface area contributed by atoms with Gasteiger partial charge in [0.2, 0.25) is 11.0 Å². The Morgan fingerprint density at radius 3 is 2.24 bits per heavy atom. The van der Waals surface area contributed by atoms with E-state index >= 15 is 0 Å². The molecule has 1 atom stereocenters. The standard InChI is InChI=1S/C23H26N6O2S2/c30-20(29-13-11-28(12-14-29)16-18-9-5-2-6-10-18)19(15-17-7-3-1-4-8-17)24-21(31)25-22-26-27-23(32)33-22/h1-10,19H,11-16H2,(H,27,32)(H2,24,25,26,31)/t19-/m0/s1. The summed E-state index contributed by atoms with van der Waals surface area (Å²) in [5, 5.41) is 12.4. The fourth-order valence-electron chi connectivity index (χ4n) is 3.81. The number of hydrogen-bond donors (Lipinski definition) is 3. The lowest BCUT2D eigenvalue weighted by Gasteiger charge is -2.36. The molecule has 0 saturated carbocycles. The van der Waals surface area contributed by atoms with Crippen LogP contribution >= 0.6 is 23.6 Å². The van der Waals surface area contributed by atoms with Crippen LogP contribution in [0.2, 0.25) is 0 Å². The molecule has 1 aromatic heterocycles. The number of piperazine rings is 1. The maximum atomic E-state index is 13.4. The molecule has 2 aromatic carbocycles. The van der Waals surface area contributed by atoms with Gasteiger partial charge >= 0.3 is 6.03 Å². The first-order valence-electron chi connectivity index (χ1n) is 10.8. The molecule has 0 aliphatic carbocycles. The van der Waals surface area contributed by atoms with Crippen LogP contribution in [-0.4, -0.2) is 64.2 Å². The fraction of sp³-hybridized carbons (Fsp3) is 0.304. The van der Waals surface area contributed by atoms with Gasteiger partial charge in [0.05, 0.1) is 0 Å². The fourth-order valence-corrected chi connectivity index (χ4v) is 4.60. The second-order valence-electron chi connectivity index (χ2n) is 7.85. The van der Waals surface area contributed by atoms with Crippen LogP contribution in [0.4, 0.5) is 9.93 Å². The van der Waals surface area contributed by atoms with Crippen LogP contribution in [0.5, 0.6) is 0 Å². The highest BCUT2D eigenvalue weighted by molar-refractivity contribution is 7.73. The minimum Gasteiger partial charge on any atom is -0.338 e. The normalized spacial score (nSPS) is 15.1. The zero-order chi connectivity index (χ0) is 23.0. The van der Waals surface area contributed by atoms with E-state index in [-0.39, 0.29) is 5.91 Å². The summed E-state index contributed by atoms with van der Waals surface area (Å²) in [7, 11) is 0. The van der Waals surface area contributed by atoms with E-state index in [1.54, 1.807) is 0 Å². The Morgan fingerprint density at radius 2 is 1.64 bits per heavy atom. The lowest BCUT2D eigenvalue weighted by Crippen LogP contribution is -2.55. The molecule has 0 bridgehead atoms. The van der Waals surface area contributed by atoms with Gasteiger partial charge in [0.1, 0.15) is 6.04 Å². The molecular weight excluding hydrogens is 456 g/mol. The van der Waals surface area contributed by atoms with E-state index in [4.69, 9.17) is 12.2 Å². The minimum atomic E-state index is -0.681. The zero-order valence-electron chi connectivity index (χ0n) is 18.1. The highest BCUT2D eigenvalue weighted by atomic mass is 32.1. The number of nitrogens with zero attached hydrogens (tertiary/aromatic N) is 3. The van der Waals surface area contributed by atoms with E-state index in [1.165, 1.54) is 5.56 Å². The van der Waals surface area contributed by atoms with Crippen LogP contribution in [0.3, 0.4) is 0 Å². The molecule has 3 amide bonds. The average molecular weight is 483 g/mol. The summed E-state index contributed by atoms with van der Waals surface area (Å²) in [6.45, 7) is 3.71. The van der Waals surface area contributed by atoms with Gasteiger partial charge in [0.25, 0.3) is 0 Å².